The van der Waals surface area contributed by atoms with Crippen molar-refractivity contribution in [2.24, 2.45) is 0 Å². The van der Waals surface area contributed by atoms with Crippen molar-refractivity contribution in [1.82, 2.24) is 10.6 Å². The Morgan fingerprint density at radius 2 is 1.64 bits per heavy atom. The van der Waals surface area contributed by atoms with Gasteiger partial charge in [-0.1, -0.05) is 42.5 Å². The van der Waals surface area contributed by atoms with Crippen molar-refractivity contribution in [3.63, 3.8) is 0 Å². The van der Waals surface area contributed by atoms with Gasteiger partial charge in [0, 0.05) is 32.1 Å². The third-order valence-corrected chi connectivity index (χ3v) is 3.76. The molecule has 130 valence electrons. The summed E-state index contributed by atoms with van der Waals surface area (Å²) in [5.41, 5.74) is 1.39. The van der Waals surface area contributed by atoms with Gasteiger partial charge >= 0.3 is 0 Å². The predicted molar refractivity (Wildman–Crippen MR) is 93.1 cm³/mol. The highest BCUT2D eigenvalue weighted by Crippen LogP contribution is 2.26. The molecular formula is C18H19N3O4. The van der Waals surface area contributed by atoms with E-state index in [4.69, 9.17) is 0 Å². The second-order valence-electron chi connectivity index (χ2n) is 5.41. The molecule has 2 aromatic rings. The molecule has 0 radical (unpaired) electrons. The predicted octanol–water partition coefficient (Wildman–Crippen LogP) is 1.98. The molecule has 0 aliphatic carbocycles. The lowest BCUT2D eigenvalue weighted by Crippen LogP contribution is -2.33. The number of benzene rings is 2. The van der Waals surface area contributed by atoms with Gasteiger partial charge in [0.2, 0.25) is 11.8 Å². The van der Waals surface area contributed by atoms with E-state index in [1.807, 2.05) is 30.3 Å². The summed E-state index contributed by atoms with van der Waals surface area (Å²) in [6, 6.07) is 15.1. The molecule has 0 spiro atoms. The maximum Gasteiger partial charge on any atom is 0.269 e. The van der Waals surface area contributed by atoms with E-state index in [-0.39, 0.29) is 30.5 Å². The molecule has 2 aromatic carbocycles. The molecule has 2 rings (SSSR count). The number of nitrogens with zero attached hydrogens (tertiary/aromatic N) is 1. The molecule has 0 saturated heterocycles. The SMILES string of the molecule is CNC(=O)CCNC(=O)C(c1ccccc1)c1ccc([N+](=O)[O-])cc1. The monoisotopic (exact) mass is 341 g/mol. The van der Waals surface area contributed by atoms with E-state index in [1.165, 1.54) is 19.2 Å². The summed E-state index contributed by atoms with van der Waals surface area (Å²) in [7, 11) is 1.54. The maximum atomic E-state index is 12.7. The molecule has 0 heterocycles. The molecule has 2 amide bonds. The lowest BCUT2D eigenvalue weighted by atomic mass is 9.90. The van der Waals surface area contributed by atoms with E-state index in [0.717, 1.165) is 5.56 Å². The van der Waals surface area contributed by atoms with Gasteiger partial charge in [-0.05, 0) is 11.1 Å². The van der Waals surface area contributed by atoms with Crippen LogP contribution in [0.2, 0.25) is 0 Å². The topological polar surface area (TPSA) is 101 Å². The molecule has 7 heteroatoms. The summed E-state index contributed by atoms with van der Waals surface area (Å²) >= 11 is 0. The first-order valence-corrected chi connectivity index (χ1v) is 7.80. The zero-order valence-electron chi connectivity index (χ0n) is 13.8. The number of carbonyl (C=O) groups excluding carboxylic acids is 2. The Morgan fingerprint density at radius 3 is 2.20 bits per heavy atom. The number of non-ortho nitro benzene ring substituents is 1. The molecule has 0 aromatic heterocycles. The molecule has 7 nitrogen and oxygen atoms in total. The zero-order chi connectivity index (χ0) is 18.2. The fraction of sp³-hybridized carbons (Fsp3) is 0.222. The van der Waals surface area contributed by atoms with Crippen LogP contribution in [0, 0.1) is 10.1 Å². The molecule has 0 saturated carbocycles. The summed E-state index contributed by atoms with van der Waals surface area (Å²) in [5, 5.41) is 16.1. The Hall–Kier alpha value is -3.22. The minimum Gasteiger partial charge on any atom is -0.359 e. The summed E-state index contributed by atoms with van der Waals surface area (Å²) < 4.78 is 0. The molecular weight excluding hydrogens is 322 g/mol. The highest BCUT2D eigenvalue weighted by molar-refractivity contribution is 5.87. The number of hydrogen-bond acceptors (Lipinski definition) is 4. The fourth-order valence-corrected chi connectivity index (χ4v) is 2.46. The van der Waals surface area contributed by atoms with E-state index in [9.17, 15) is 19.7 Å². The number of hydrogen-bond donors (Lipinski definition) is 2. The van der Waals surface area contributed by atoms with Crippen LogP contribution in [0.5, 0.6) is 0 Å². The van der Waals surface area contributed by atoms with Crippen LogP contribution in [0.15, 0.2) is 54.6 Å². The van der Waals surface area contributed by atoms with Gasteiger partial charge in [-0.25, -0.2) is 0 Å². The van der Waals surface area contributed by atoms with Crippen LogP contribution in [0.1, 0.15) is 23.5 Å². The fourth-order valence-electron chi connectivity index (χ4n) is 2.46. The van der Waals surface area contributed by atoms with Crippen molar-refractivity contribution in [3.05, 3.63) is 75.8 Å². The second kappa shape index (κ2) is 8.58. The van der Waals surface area contributed by atoms with E-state index in [2.05, 4.69) is 10.6 Å². The van der Waals surface area contributed by atoms with Crippen molar-refractivity contribution in [2.75, 3.05) is 13.6 Å². The molecule has 0 aliphatic rings. The van der Waals surface area contributed by atoms with Crippen molar-refractivity contribution in [2.45, 2.75) is 12.3 Å². The molecule has 1 unspecified atom stereocenters. The van der Waals surface area contributed by atoms with Crippen LogP contribution in [-0.2, 0) is 9.59 Å². The van der Waals surface area contributed by atoms with Gasteiger partial charge in [0.25, 0.3) is 5.69 Å². The van der Waals surface area contributed by atoms with Crippen LogP contribution in [0.25, 0.3) is 0 Å². The van der Waals surface area contributed by atoms with E-state index < -0.39 is 10.8 Å². The number of rotatable bonds is 7. The lowest BCUT2D eigenvalue weighted by Gasteiger charge is -2.17. The van der Waals surface area contributed by atoms with Crippen LogP contribution < -0.4 is 10.6 Å². The lowest BCUT2D eigenvalue weighted by molar-refractivity contribution is -0.384. The van der Waals surface area contributed by atoms with E-state index in [1.54, 1.807) is 12.1 Å². The number of nitro benzene ring substituents is 1. The van der Waals surface area contributed by atoms with Crippen LogP contribution in [0.3, 0.4) is 0 Å². The summed E-state index contributed by atoms with van der Waals surface area (Å²) in [6.07, 6.45) is 0.185. The van der Waals surface area contributed by atoms with Gasteiger partial charge in [0.05, 0.1) is 10.8 Å². The van der Waals surface area contributed by atoms with Gasteiger partial charge < -0.3 is 10.6 Å². The number of carbonyl (C=O) groups is 2. The van der Waals surface area contributed by atoms with Gasteiger partial charge in [-0.15, -0.1) is 0 Å². The van der Waals surface area contributed by atoms with Crippen LogP contribution >= 0.6 is 0 Å². The third kappa shape index (κ3) is 4.87. The summed E-state index contributed by atoms with van der Waals surface area (Å²) in [6.45, 7) is 0.217. The van der Waals surface area contributed by atoms with Gasteiger partial charge in [0.15, 0.2) is 0 Å². The highest BCUT2D eigenvalue weighted by Gasteiger charge is 2.23. The largest absolute Gasteiger partial charge is 0.359 e. The average Bonchev–Trinajstić information content (AvgIpc) is 2.63. The van der Waals surface area contributed by atoms with Gasteiger partial charge in [-0.2, -0.15) is 0 Å². The van der Waals surface area contributed by atoms with Crippen LogP contribution in [0.4, 0.5) is 5.69 Å². The van der Waals surface area contributed by atoms with Gasteiger partial charge in [0.1, 0.15) is 0 Å². The van der Waals surface area contributed by atoms with Crippen molar-refractivity contribution < 1.29 is 14.5 Å². The molecule has 2 N–H and O–H groups in total. The first-order valence-electron chi connectivity index (χ1n) is 7.80. The Kier molecular flexibility index (Phi) is 6.22. The molecule has 0 aliphatic heterocycles. The summed E-state index contributed by atoms with van der Waals surface area (Å²) in [5.74, 6) is -1.03. The van der Waals surface area contributed by atoms with E-state index in [0.29, 0.717) is 5.56 Å². The molecule has 0 fully saturated rings. The minimum atomic E-state index is -0.605. The van der Waals surface area contributed by atoms with Crippen molar-refractivity contribution in [3.8, 4) is 0 Å². The Labute approximate surface area is 145 Å². The first-order chi connectivity index (χ1) is 12.0. The number of nitro groups is 1. The molecule has 1 atom stereocenters. The Bertz CT molecular complexity index is 745. The Morgan fingerprint density at radius 1 is 1.04 bits per heavy atom. The van der Waals surface area contributed by atoms with Crippen molar-refractivity contribution in [1.29, 1.82) is 0 Å². The summed E-state index contributed by atoms with van der Waals surface area (Å²) in [4.78, 5) is 34.3. The molecule has 0 bridgehead atoms. The quantitative estimate of drug-likeness (QED) is 0.594. The van der Waals surface area contributed by atoms with Crippen molar-refractivity contribution >= 4 is 17.5 Å². The number of nitrogens with one attached hydrogen (secondary N) is 2. The highest BCUT2D eigenvalue weighted by atomic mass is 16.6. The average molecular weight is 341 g/mol. The maximum absolute atomic E-state index is 12.7. The van der Waals surface area contributed by atoms with E-state index >= 15 is 0 Å². The third-order valence-electron chi connectivity index (χ3n) is 3.76. The zero-order valence-corrected chi connectivity index (χ0v) is 13.8. The van der Waals surface area contributed by atoms with Gasteiger partial charge in [-0.3, -0.25) is 19.7 Å². The standard InChI is InChI=1S/C18H19N3O4/c1-19-16(22)11-12-20-18(23)17(13-5-3-2-4-6-13)14-7-9-15(10-8-14)21(24)25/h2-10,17H,11-12H2,1H3,(H,19,22)(H,20,23). The minimum absolute atomic E-state index is 0.0319. The smallest absolute Gasteiger partial charge is 0.269 e. The normalized spacial score (nSPS) is 11.4. The first kappa shape index (κ1) is 18.1. The Balaban J connectivity index is 2.23. The second-order valence-corrected chi connectivity index (χ2v) is 5.41. The molecule has 25 heavy (non-hydrogen) atoms. The van der Waals surface area contributed by atoms with Crippen LogP contribution in [-0.4, -0.2) is 30.3 Å². The number of amides is 2.